The van der Waals surface area contributed by atoms with Gasteiger partial charge in [-0.3, -0.25) is 0 Å². The summed E-state index contributed by atoms with van der Waals surface area (Å²) in [6, 6.07) is 1.72. The quantitative estimate of drug-likeness (QED) is 0.579. The fraction of sp³-hybridized carbons (Fsp3) is 0.375. The number of pyridine rings is 1. The molecule has 66 valence electrons. The van der Waals surface area contributed by atoms with E-state index < -0.39 is 5.95 Å². The lowest BCUT2D eigenvalue weighted by Gasteiger charge is -2.09. The van der Waals surface area contributed by atoms with Crippen LogP contribution in [0.3, 0.4) is 0 Å². The van der Waals surface area contributed by atoms with E-state index in [1.807, 2.05) is 6.92 Å². The monoisotopic (exact) mass is 233 g/mol. The molecule has 0 fully saturated rings. The molecule has 2 nitrogen and oxygen atoms in total. The van der Waals surface area contributed by atoms with Crippen LogP contribution in [0.1, 0.15) is 17.3 Å². The van der Waals surface area contributed by atoms with Gasteiger partial charge in [0.25, 0.3) is 5.95 Å². The largest absolute Gasteiger partial charge is 0.492 e. The Morgan fingerprint density at radius 3 is 2.75 bits per heavy atom. The molecule has 0 spiro atoms. The lowest BCUT2D eigenvalue weighted by Crippen LogP contribution is -1.97. The van der Waals surface area contributed by atoms with E-state index >= 15 is 0 Å². The molecule has 1 aromatic heterocycles. The van der Waals surface area contributed by atoms with E-state index in [0.717, 1.165) is 5.56 Å². The number of hydrogen-bond donors (Lipinski definition) is 0. The molecule has 1 aromatic rings. The number of halogens is 2. The summed E-state index contributed by atoms with van der Waals surface area (Å²) < 4.78 is 17.8. The van der Waals surface area contributed by atoms with Gasteiger partial charge >= 0.3 is 0 Å². The third-order valence-electron chi connectivity index (χ3n) is 1.52. The highest BCUT2D eigenvalue weighted by Gasteiger charge is 2.12. The Hall–Kier alpha value is -0.640. The van der Waals surface area contributed by atoms with Crippen LogP contribution >= 0.6 is 15.9 Å². The van der Waals surface area contributed by atoms with Crippen LogP contribution in [0.2, 0.25) is 0 Å². The zero-order valence-electron chi connectivity index (χ0n) is 6.84. The molecule has 0 aliphatic rings. The van der Waals surface area contributed by atoms with Crippen molar-refractivity contribution in [3.63, 3.8) is 0 Å². The van der Waals surface area contributed by atoms with Crippen molar-refractivity contribution < 1.29 is 9.13 Å². The molecule has 0 aromatic carbocycles. The Labute approximate surface area is 78.9 Å². The summed E-state index contributed by atoms with van der Waals surface area (Å²) in [6.07, 6.45) is 1.42. The SMILES string of the molecule is COc1c(C(C)Br)ccnc1F. The van der Waals surface area contributed by atoms with Gasteiger partial charge in [-0.05, 0) is 13.0 Å². The predicted octanol–water partition coefficient (Wildman–Crippen LogP) is 2.69. The number of alkyl halides is 1. The molecule has 0 aliphatic carbocycles. The number of hydrogen-bond acceptors (Lipinski definition) is 2. The van der Waals surface area contributed by atoms with Gasteiger partial charge in [-0.1, -0.05) is 15.9 Å². The van der Waals surface area contributed by atoms with Crippen LogP contribution in [0.15, 0.2) is 12.3 Å². The zero-order valence-corrected chi connectivity index (χ0v) is 8.43. The second-order valence-corrected chi connectivity index (χ2v) is 3.71. The maximum absolute atomic E-state index is 13.0. The topological polar surface area (TPSA) is 22.1 Å². The minimum atomic E-state index is -0.568. The average Bonchev–Trinajstić information content (AvgIpc) is 2.03. The molecule has 0 aliphatic heterocycles. The van der Waals surface area contributed by atoms with Crippen LogP contribution in [0, 0.1) is 5.95 Å². The van der Waals surface area contributed by atoms with Crippen molar-refractivity contribution in [3.8, 4) is 5.75 Å². The van der Waals surface area contributed by atoms with Gasteiger partial charge in [0.05, 0.1) is 7.11 Å². The summed E-state index contributed by atoms with van der Waals surface area (Å²) in [4.78, 5) is 3.54. The predicted molar refractivity (Wildman–Crippen MR) is 48.1 cm³/mol. The van der Waals surface area contributed by atoms with Crippen molar-refractivity contribution in [2.24, 2.45) is 0 Å². The fourth-order valence-electron chi connectivity index (χ4n) is 0.952. The number of ether oxygens (including phenoxy) is 1. The summed E-state index contributed by atoms with van der Waals surface area (Å²) in [5.41, 5.74) is 0.769. The number of nitrogens with zero attached hydrogens (tertiary/aromatic N) is 1. The van der Waals surface area contributed by atoms with Gasteiger partial charge in [-0.25, -0.2) is 4.98 Å². The van der Waals surface area contributed by atoms with Gasteiger partial charge in [0.2, 0.25) is 0 Å². The molecule has 1 unspecified atom stereocenters. The molecule has 1 rings (SSSR count). The van der Waals surface area contributed by atoms with E-state index in [4.69, 9.17) is 4.74 Å². The van der Waals surface area contributed by atoms with Crippen LogP contribution in [0.25, 0.3) is 0 Å². The van der Waals surface area contributed by atoms with E-state index in [0.29, 0.717) is 0 Å². The first-order chi connectivity index (χ1) is 5.66. The van der Waals surface area contributed by atoms with Crippen LogP contribution in [-0.2, 0) is 0 Å². The molecule has 0 radical (unpaired) electrons. The molecule has 4 heteroatoms. The molecule has 12 heavy (non-hydrogen) atoms. The van der Waals surface area contributed by atoms with Crippen molar-refractivity contribution in [1.82, 2.24) is 4.98 Å². The molecule has 0 N–H and O–H groups in total. The minimum absolute atomic E-state index is 0.0601. The third-order valence-corrected chi connectivity index (χ3v) is 2.02. The van der Waals surface area contributed by atoms with Crippen molar-refractivity contribution >= 4 is 15.9 Å². The Kier molecular flexibility index (Phi) is 3.03. The Balaban J connectivity index is 3.18. The van der Waals surface area contributed by atoms with E-state index in [9.17, 15) is 4.39 Å². The summed E-state index contributed by atoms with van der Waals surface area (Å²) in [7, 11) is 1.43. The van der Waals surface area contributed by atoms with Crippen molar-refractivity contribution in [3.05, 3.63) is 23.8 Å². The fourth-order valence-corrected chi connectivity index (χ4v) is 1.31. The highest BCUT2D eigenvalue weighted by Crippen LogP contribution is 2.31. The number of aromatic nitrogens is 1. The van der Waals surface area contributed by atoms with Crippen molar-refractivity contribution in [1.29, 1.82) is 0 Å². The highest BCUT2D eigenvalue weighted by molar-refractivity contribution is 9.09. The van der Waals surface area contributed by atoms with E-state index in [-0.39, 0.29) is 10.6 Å². The van der Waals surface area contributed by atoms with Crippen molar-refractivity contribution in [2.75, 3.05) is 7.11 Å². The van der Waals surface area contributed by atoms with Crippen LogP contribution in [0.5, 0.6) is 5.75 Å². The number of rotatable bonds is 2. The van der Waals surface area contributed by atoms with Crippen molar-refractivity contribution in [2.45, 2.75) is 11.8 Å². The summed E-state index contributed by atoms with van der Waals surface area (Å²) >= 11 is 3.33. The first-order valence-electron chi connectivity index (χ1n) is 3.49. The minimum Gasteiger partial charge on any atom is -0.492 e. The van der Waals surface area contributed by atoms with Crippen LogP contribution in [0.4, 0.5) is 4.39 Å². The summed E-state index contributed by atoms with van der Waals surface area (Å²) in [5, 5.41) is 0. The van der Waals surface area contributed by atoms with Gasteiger partial charge in [-0.2, -0.15) is 4.39 Å². The maximum Gasteiger partial charge on any atom is 0.255 e. The second-order valence-electron chi connectivity index (χ2n) is 2.34. The molecule has 0 saturated carbocycles. The zero-order chi connectivity index (χ0) is 9.14. The van der Waals surface area contributed by atoms with E-state index in [1.165, 1.54) is 13.3 Å². The maximum atomic E-state index is 13.0. The van der Waals surface area contributed by atoms with Crippen LogP contribution < -0.4 is 4.74 Å². The van der Waals surface area contributed by atoms with Gasteiger partial charge in [0, 0.05) is 16.6 Å². The third kappa shape index (κ3) is 1.75. The highest BCUT2D eigenvalue weighted by atomic mass is 79.9. The molecule has 1 atom stereocenters. The van der Waals surface area contributed by atoms with Crippen LogP contribution in [-0.4, -0.2) is 12.1 Å². The second kappa shape index (κ2) is 3.85. The molecule has 0 saturated heterocycles. The Morgan fingerprint density at radius 1 is 1.67 bits per heavy atom. The Morgan fingerprint density at radius 2 is 2.33 bits per heavy atom. The normalized spacial score (nSPS) is 12.7. The first-order valence-corrected chi connectivity index (χ1v) is 4.41. The first kappa shape index (κ1) is 9.45. The molecule has 0 amide bonds. The Bertz CT molecular complexity index is 278. The van der Waals surface area contributed by atoms with Gasteiger partial charge in [0.1, 0.15) is 0 Å². The van der Waals surface area contributed by atoms with Gasteiger partial charge < -0.3 is 4.74 Å². The van der Waals surface area contributed by atoms with E-state index in [2.05, 4.69) is 20.9 Å². The summed E-state index contributed by atoms with van der Waals surface area (Å²) in [6.45, 7) is 1.90. The molecular formula is C8H9BrFNO. The standard InChI is InChI=1S/C8H9BrFNO/c1-5(9)6-3-4-11-8(10)7(6)12-2/h3-5H,1-2H3. The molecule has 1 heterocycles. The lowest BCUT2D eigenvalue weighted by molar-refractivity contribution is 0.373. The average molecular weight is 234 g/mol. The molecular weight excluding hydrogens is 225 g/mol. The summed E-state index contributed by atoms with van der Waals surface area (Å²) in [5.74, 6) is -0.358. The lowest BCUT2D eigenvalue weighted by atomic mass is 10.2. The van der Waals surface area contributed by atoms with Gasteiger partial charge in [-0.15, -0.1) is 0 Å². The smallest absolute Gasteiger partial charge is 0.255 e. The number of methoxy groups -OCH3 is 1. The molecule has 0 bridgehead atoms. The van der Waals surface area contributed by atoms with E-state index in [1.54, 1.807) is 6.07 Å². The van der Waals surface area contributed by atoms with Gasteiger partial charge in [0.15, 0.2) is 5.75 Å².